The van der Waals surface area contributed by atoms with Gasteiger partial charge in [0.15, 0.2) is 0 Å². The Labute approximate surface area is 142 Å². The number of ether oxygens (including phenoxy) is 1. The molecule has 0 amide bonds. The molecule has 0 bridgehead atoms. The molecule has 2 aromatic carbocycles. The van der Waals surface area contributed by atoms with Gasteiger partial charge in [-0.15, -0.1) is 0 Å². The molecule has 1 N–H and O–H groups in total. The maximum Gasteiger partial charge on any atom is 0.243 e. The van der Waals surface area contributed by atoms with Crippen molar-refractivity contribution in [3.05, 3.63) is 59.9 Å². The minimum atomic E-state index is -3.88. The number of rotatable bonds is 8. The second-order valence-corrected chi connectivity index (χ2v) is 7.29. The van der Waals surface area contributed by atoms with Crippen molar-refractivity contribution in [1.29, 1.82) is 0 Å². The molecule has 7 heteroatoms. The highest BCUT2D eigenvalue weighted by atomic mass is 32.2. The van der Waals surface area contributed by atoms with Gasteiger partial charge in [-0.05, 0) is 43.9 Å². The predicted molar refractivity (Wildman–Crippen MR) is 90.9 cm³/mol. The number of nitrogens with zero attached hydrogens (tertiary/aromatic N) is 1. The highest BCUT2D eigenvalue weighted by Crippen LogP contribution is 2.15. The molecule has 24 heavy (non-hydrogen) atoms. The van der Waals surface area contributed by atoms with E-state index in [1.54, 1.807) is 24.3 Å². The van der Waals surface area contributed by atoms with Gasteiger partial charge >= 0.3 is 0 Å². The summed E-state index contributed by atoms with van der Waals surface area (Å²) in [5.74, 6) is -0.0489. The summed E-state index contributed by atoms with van der Waals surface area (Å²) in [5, 5.41) is 0. The molecule has 0 radical (unpaired) electrons. The first-order valence-corrected chi connectivity index (χ1v) is 8.97. The smallest absolute Gasteiger partial charge is 0.243 e. The second kappa shape index (κ2) is 8.23. The van der Waals surface area contributed by atoms with Crippen LogP contribution in [-0.4, -0.2) is 40.6 Å². The Morgan fingerprint density at radius 3 is 2.38 bits per heavy atom. The number of halogens is 1. The van der Waals surface area contributed by atoms with Crippen LogP contribution in [0.3, 0.4) is 0 Å². The molecule has 0 unspecified atom stereocenters. The van der Waals surface area contributed by atoms with Gasteiger partial charge in [0, 0.05) is 13.1 Å². The molecule has 0 aliphatic rings. The standard InChI is InChI=1S/C17H21FN2O3S/c1-20(2)11-12-23-15-9-7-14(8-10-15)13-19-24(21,22)17-6-4-3-5-16(17)18/h3-10,19H,11-13H2,1-2H3. The molecule has 5 nitrogen and oxygen atoms in total. The van der Waals surface area contributed by atoms with E-state index in [1.807, 2.05) is 19.0 Å². The molecule has 0 saturated carbocycles. The van der Waals surface area contributed by atoms with E-state index < -0.39 is 15.8 Å². The van der Waals surface area contributed by atoms with Gasteiger partial charge in [-0.1, -0.05) is 24.3 Å². The summed E-state index contributed by atoms with van der Waals surface area (Å²) < 4.78 is 45.8. The molecular formula is C17H21FN2O3S. The van der Waals surface area contributed by atoms with E-state index in [1.165, 1.54) is 18.2 Å². The molecule has 0 spiro atoms. The zero-order valence-corrected chi connectivity index (χ0v) is 14.5. The topological polar surface area (TPSA) is 58.6 Å². The molecule has 0 aromatic heterocycles. The van der Waals surface area contributed by atoms with Crippen LogP contribution in [0.5, 0.6) is 5.75 Å². The fourth-order valence-electron chi connectivity index (χ4n) is 1.97. The molecule has 0 aliphatic carbocycles. The normalized spacial score (nSPS) is 11.7. The van der Waals surface area contributed by atoms with Crippen molar-refractivity contribution >= 4 is 10.0 Å². The van der Waals surface area contributed by atoms with Crippen molar-refractivity contribution in [1.82, 2.24) is 9.62 Å². The minimum Gasteiger partial charge on any atom is -0.492 e. The summed E-state index contributed by atoms with van der Waals surface area (Å²) in [4.78, 5) is 1.67. The van der Waals surface area contributed by atoms with Crippen molar-refractivity contribution in [2.75, 3.05) is 27.2 Å². The Bertz CT molecular complexity index is 762. The molecule has 2 rings (SSSR count). The average molecular weight is 352 g/mol. The lowest BCUT2D eigenvalue weighted by Gasteiger charge is -2.11. The average Bonchev–Trinajstić information content (AvgIpc) is 2.54. The second-order valence-electron chi connectivity index (χ2n) is 5.55. The number of hydrogen-bond donors (Lipinski definition) is 1. The lowest BCUT2D eigenvalue weighted by atomic mass is 10.2. The number of hydrogen-bond acceptors (Lipinski definition) is 4. The lowest BCUT2D eigenvalue weighted by Crippen LogP contribution is -2.24. The number of nitrogens with one attached hydrogen (secondary N) is 1. The summed E-state index contributed by atoms with van der Waals surface area (Å²) in [5.41, 5.74) is 0.759. The first kappa shape index (κ1) is 18.4. The van der Waals surface area contributed by atoms with Gasteiger partial charge in [0.1, 0.15) is 23.1 Å². The van der Waals surface area contributed by atoms with Gasteiger partial charge in [0.2, 0.25) is 10.0 Å². The lowest BCUT2D eigenvalue weighted by molar-refractivity contribution is 0.261. The third kappa shape index (κ3) is 5.30. The van der Waals surface area contributed by atoms with E-state index >= 15 is 0 Å². The zero-order valence-electron chi connectivity index (χ0n) is 13.7. The Kier molecular flexibility index (Phi) is 6.30. The molecule has 0 aliphatic heterocycles. The highest BCUT2D eigenvalue weighted by Gasteiger charge is 2.17. The molecule has 0 atom stereocenters. The summed E-state index contributed by atoms with van der Waals surface area (Å²) in [6.45, 7) is 1.46. The van der Waals surface area contributed by atoms with Gasteiger partial charge < -0.3 is 9.64 Å². The quantitative estimate of drug-likeness (QED) is 0.792. The largest absolute Gasteiger partial charge is 0.492 e. The minimum absolute atomic E-state index is 0.0780. The van der Waals surface area contributed by atoms with Crippen LogP contribution in [0.4, 0.5) is 4.39 Å². The van der Waals surface area contributed by atoms with E-state index in [-0.39, 0.29) is 11.4 Å². The monoisotopic (exact) mass is 352 g/mol. The Balaban J connectivity index is 1.93. The van der Waals surface area contributed by atoms with Crippen LogP contribution in [0.1, 0.15) is 5.56 Å². The van der Waals surface area contributed by atoms with E-state index in [0.717, 1.165) is 23.9 Å². The SMILES string of the molecule is CN(C)CCOc1ccc(CNS(=O)(=O)c2ccccc2F)cc1. The summed E-state index contributed by atoms with van der Waals surface area (Å²) in [6, 6.07) is 12.4. The van der Waals surface area contributed by atoms with Crippen molar-refractivity contribution in [2.24, 2.45) is 0 Å². The Morgan fingerprint density at radius 1 is 1.08 bits per heavy atom. The maximum absolute atomic E-state index is 13.6. The van der Waals surface area contributed by atoms with Crippen LogP contribution in [0.2, 0.25) is 0 Å². The van der Waals surface area contributed by atoms with Gasteiger partial charge in [0.05, 0.1) is 0 Å². The van der Waals surface area contributed by atoms with Crippen molar-refractivity contribution < 1.29 is 17.5 Å². The third-order valence-electron chi connectivity index (χ3n) is 3.32. The fraction of sp³-hybridized carbons (Fsp3) is 0.294. The van der Waals surface area contributed by atoms with Gasteiger partial charge in [-0.3, -0.25) is 0 Å². The molecule has 130 valence electrons. The molecular weight excluding hydrogens is 331 g/mol. The molecule has 0 saturated heterocycles. The molecule has 0 fully saturated rings. The number of sulfonamides is 1. The van der Waals surface area contributed by atoms with Crippen LogP contribution >= 0.6 is 0 Å². The van der Waals surface area contributed by atoms with Gasteiger partial charge in [-0.25, -0.2) is 17.5 Å². The molecule has 2 aromatic rings. The van der Waals surface area contributed by atoms with Crippen LogP contribution in [-0.2, 0) is 16.6 Å². The van der Waals surface area contributed by atoms with E-state index in [4.69, 9.17) is 4.74 Å². The van der Waals surface area contributed by atoms with Crippen LogP contribution in [0.15, 0.2) is 53.4 Å². The summed E-state index contributed by atoms with van der Waals surface area (Å²) >= 11 is 0. The molecule has 0 heterocycles. The Hall–Kier alpha value is -1.96. The third-order valence-corrected chi connectivity index (χ3v) is 4.76. The van der Waals surface area contributed by atoms with Crippen molar-refractivity contribution in [3.63, 3.8) is 0 Å². The van der Waals surface area contributed by atoms with Gasteiger partial charge in [-0.2, -0.15) is 0 Å². The van der Waals surface area contributed by atoms with Crippen LogP contribution in [0.25, 0.3) is 0 Å². The fourth-order valence-corrected chi connectivity index (χ4v) is 3.06. The number of likely N-dealkylation sites (N-methyl/N-ethyl adjacent to an activating group) is 1. The first-order chi connectivity index (χ1) is 11.4. The maximum atomic E-state index is 13.6. The van der Waals surface area contributed by atoms with Crippen LogP contribution < -0.4 is 9.46 Å². The zero-order chi connectivity index (χ0) is 17.6. The Morgan fingerprint density at radius 2 is 1.75 bits per heavy atom. The highest BCUT2D eigenvalue weighted by molar-refractivity contribution is 7.89. The predicted octanol–water partition coefficient (Wildman–Crippen LogP) is 2.24. The van der Waals surface area contributed by atoms with E-state index in [0.29, 0.717) is 6.61 Å². The van der Waals surface area contributed by atoms with E-state index in [2.05, 4.69) is 4.72 Å². The van der Waals surface area contributed by atoms with Crippen LogP contribution in [0, 0.1) is 5.82 Å². The van der Waals surface area contributed by atoms with Crippen molar-refractivity contribution in [3.8, 4) is 5.75 Å². The summed E-state index contributed by atoms with van der Waals surface area (Å²) in [7, 11) is 0.0481. The summed E-state index contributed by atoms with van der Waals surface area (Å²) in [6.07, 6.45) is 0. The van der Waals surface area contributed by atoms with E-state index in [9.17, 15) is 12.8 Å². The number of benzene rings is 2. The van der Waals surface area contributed by atoms with Crippen molar-refractivity contribution in [2.45, 2.75) is 11.4 Å². The first-order valence-electron chi connectivity index (χ1n) is 7.49. The van der Waals surface area contributed by atoms with Gasteiger partial charge in [0.25, 0.3) is 0 Å².